The second-order valence-electron chi connectivity index (χ2n) is 6.26. The van der Waals surface area contributed by atoms with Crippen molar-refractivity contribution >= 4 is 17.5 Å². The maximum Gasteiger partial charge on any atom is 0.239 e. The van der Waals surface area contributed by atoms with Crippen LogP contribution in [-0.4, -0.2) is 25.5 Å². The van der Waals surface area contributed by atoms with E-state index in [4.69, 9.17) is 4.74 Å². The van der Waals surface area contributed by atoms with Gasteiger partial charge in [0.1, 0.15) is 11.2 Å². The van der Waals surface area contributed by atoms with Crippen LogP contribution in [0.4, 0.5) is 5.69 Å². The van der Waals surface area contributed by atoms with Crippen LogP contribution in [0.1, 0.15) is 19.4 Å². The van der Waals surface area contributed by atoms with Gasteiger partial charge < -0.3 is 15.4 Å². The molecule has 0 aliphatic heterocycles. The minimum atomic E-state index is -1.17. The summed E-state index contributed by atoms with van der Waals surface area (Å²) in [5.41, 5.74) is 0.510. The molecule has 0 fully saturated rings. The number of para-hydroxylation sites is 2. The molecular formula is C20H24N2O3. The first kappa shape index (κ1) is 18.5. The zero-order valence-electron chi connectivity index (χ0n) is 14.8. The Kier molecular flexibility index (Phi) is 6.17. The first-order valence-electron chi connectivity index (χ1n) is 8.22. The van der Waals surface area contributed by atoms with Gasteiger partial charge in [0.2, 0.25) is 11.8 Å². The topological polar surface area (TPSA) is 67.4 Å². The van der Waals surface area contributed by atoms with Crippen LogP contribution < -0.4 is 15.4 Å². The van der Waals surface area contributed by atoms with Gasteiger partial charge in [0.25, 0.3) is 0 Å². The molecule has 25 heavy (non-hydrogen) atoms. The van der Waals surface area contributed by atoms with E-state index in [1.54, 1.807) is 33.1 Å². The van der Waals surface area contributed by atoms with Gasteiger partial charge >= 0.3 is 0 Å². The number of benzene rings is 2. The summed E-state index contributed by atoms with van der Waals surface area (Å²) >= 11 is 0. The van der Waals surface area contributed by atoms with Gasteiger partial charge in [-0.3, -0.25) is 9.59 Å². The van der Waals surface area contributed by atoms with Gasteiger partial charge in [-0.2, -0.15) is 0 Å². The quantitative estimate of drug-likeness (QED) is 0.761. The normalized spacial score (nSPS) is 10.8. The molecule has 0 aliphatic rings. The summed E-state index contributed by atoms with van der Waals surface area (Å²) in [5, 5.41) is 5.60. The van der Waals surface area contributed by atoms with E-state index in [9.17, 15) is 9.59 Å². The molecule has 0 aromatic heterocycles. The molecule has 2 amide bonds. The lowest BCUT2D eigenvalue weighted by Crippen LogP contribution is -2.45. The highest BCUT2D eigenvalue weighted by molar-refractivity contribution is 6.09. The third-order valence-corrected chi connectivity index (χ3v) is 4.04. The molecule has 0 bridgehead atoms. The lowest BCUT2D eigenvalue weighted by Gasteiger charge is -2.23. The average Bonchev–Trinajstić information content (AvgIpc) is 2.62. The fourth-order valence-corrected chi connectivity index (χ4v) is 2.35. The number of hydrogen-bond acceptors (Lipinski definition) is 3. The van der Waals surface area contributed by atoms with Gasteiger partial charge in [-0.15, -0.1) is 0 Å². The summed E-state index contributed by atoms with van der Waals surface area (Å²) in [6.07, 6.45) is 0.631. The molecule has 2 rings (SSSR count). The van der Waals surface area contributed by atoms with Crippen molar-refractivity contribution in [1.82, 2.24) is 5.32 Å². The fourth-order valence-electron chi connectivity index (χ4n) is 2.35. The maximum absolute atomic E-state index is 12.4. The summed E-state index contributed by atoms with van der Waals surface area (Å²) in [7, 11) is 1.62. The van der Waals surface area contributed by atoms with Crippen molar-refractivity contribution in [2.75, 3.05) is 19.0 Å². The van der Waals surface area contributed by atoms with Gasteiger partial charge in [0, 0.05) is 12.2 Å². The predicted molar refractivity (Wildman–Crippen MR) is 98.6 cm³/mol. The van der Waals surface area contributed by atoms with Gasteiger partial charge in [-0.05, 0) is 44.0 Å². The molecule has 0 radical (unpaired) electrons. The molecule has 0 spiro atoms. The molecule has 5 heteroatoms. The number of ether oxygens (including phenoxy) is 1. The first-order chi connectivity index (χ1) is 11.9. The van der Waals surface area contributed by atoms with Crippen molar-refractivity contribution in [3.05, 3.63) is 60.2 Å². The van der Waals surface area contributed by atoms with Crippen LogP contribution in [0.2, 0.25) is 0 Å². The number of amides is 2. The fraction of sp³-hybridized carbons (Fsp3) is 0.300. The van der Waals surface area contributed by atoms with E-state index in [0.717, 1.165) is 11.3 Å². The molecule has 0 aliphatic carbocycles. The minimum Gasteiger partial charge on any atom is -0.496 e. The van der Waals surface area contributed by atoms with Gasteiger partial charge in [-0.1, -0.05) is 36.4 Å². The molecule has 0 atom stereocenters. The second-order valence-corrected chi connectivity index (χ2v) is 6.26. The highest BCUT2D eigenvalue weighted by Crippen LogP contribution is 2.20. The van der Waals surface area contributed by atoms with Crippen molar-refractivity contribution < 1.29 is 14.3 Å². The van der Waals surface area contributed by atoms with Crippen LogP contribution in [0.15, 0.2) is 54.6 Å². The van der Waals surface area contributed by atoms with E-state index in [1.165, 1.54) is 0 Å². The van der Waals surface area contributed by atoms with Crippen LogP contribution >= 0.6 is 0 Å². The monoisotopic (exact) mass is 340 g/mol. The molecule has 0 saturated carbocycles. The Morgan fingerprint density at radius 1 is 0.960 bits per heavy atom. The summed E-state index contributed by atoms with van der Waals surface area (Å²) in [4.78, 5) is 24.9. The number of carbonyl (C=O) groups excluding carboxylic acids is 2. The Bertz CT molecular complexity index is 727. The molecular weight excluding hydrogens is 316 g/mol. The molecule has 2 N–H and O–H groups in total. The maximum atomic E-state index is 12.4. The van der Waals surface area contributed by atoms with Crippen LogP contribution in [0.5, 0.6) is 5.75 Å². The van der Waals surface area contributed by atoms with E-state index in [-0.39, 0.29) is 11.8 Å². The summed E-state index contributed by atoms with van der Waals surface area (Å²) in [5.74, 6) is 0.141. The first-order valence-corrected chi connectivity index (χ1v) is 8.22. The number of carbonyl (C=O) groups is 2. The van der Waals surface area contributed by atoms with Crippen molar-refractivity contribution in [3.63, 3.8) is 0 Å². The summed E-state index contributed by atoms with van der Waals surface area (Å²) in [6.45, 7) is 3.66. The SMILES string of the molecule is COc1ccccc1CCNC(=O)C(C)(C)C(=O)Nc1ccccc1. The van der Waals surface area contributed by atoms with Gasteiger partial charge in [0.15, 0.2) is 0 Å². The molecule has 132 valence electrons. The highest BCUT2D eigenvalue weighted by Gasteiger charge is 2.35. The van der Waals surface area contributed by atoms with Gasteiger partial charge in [-0.25, -0.2) is 0 Å². The smallest absolute Gasteiger partial charge is 0.239 e. The Morgan fingerprint density at radius 3 is 2.28 bits per heavy atom. The number of nitrogens with one attached hydrogen (secondary N) is 2. The number of hydrogen-bond donors (Lipinski definition) is 2. The van der Waals surface area contributed by atoms with Gasteiger partial charge in [0.05, 0.1) is 7.11 Å². The Balaban J connectivity index is 1.91. The van der Waals surface area contributed by atoms with Crippen LogP contribution in [0, 0.1) is 5.41 Å². The van der Waals surface area contributed by atoms with E-state index >= 15 is 0 Å². The van der Waals surface area contributed by atoms with Crippen molar-refractivity contribution in [1.29, 1.82) is 0 Å². The zero-order chi connectivity index (χ0) is 18.3. The third-order valence-electron chi connectivity index (χ3n) is 4.04. The molecule has 5 nitrogen and oxygen atoms in total. The minimum absolute atomic E-state index is 0.309. The van der Waals surface area contributed by atoms with Crippen LogP contribution in [0.3, 0.4) is 0 Å². The molecule has 0 unspecified atom stereocenters. The number of anilines is 1. The highest BCUT2D eigenvalue weighted by atomic mass is 16.5. The summed E-state index contributed by atoms with van der Waals surface area (Å²) in [6, 6.07) is 16.8. The van der Waals surface area contributed by atoms with Crippen molar-refractivity contribution in [3.8, 4) is 5.75 Å². The molecule has 2 aromatic rings. The Morgan fingerprint density at radius 2 is 1.60 bits per heavy atom. The molecule has 0 saturated heterocycles. The van der Waals surface area contributed by atoms with Crippen LogP contribution in [0.25, 0.3) is 0 Å². The van der Waals surface area contributed by atoms with E-state index < -0.39 is 5.41 Å². The third kappa shape index (κ3) is 4.83. The number of methoxy groups -OCH3 is 1. The second kappa shape index (κ2) is 8.33. The van der Waals surface area contributed by atoms with Crippen LogP contribution in [-0.2, 0) is 16.0 Å². The predicted octanol–water partition coefficient (Wildman–Crippen LogP) is 3.02. The lowest BCUT2D eigenvalue weighted by atomic mass is 9.91. The molecule has 2 aromatic carbocycles. The average molecular weight is 340 g/mol. The zero-order valence-corrected chi connectivity index (χ0v) is 14.8. The largest absolute Gasteiger partial charge is 0.496 e. The summed E-state index contributed by atoms with van der Waals surface area (Å²) < 4.78 is 5.30. The van der Waals surface area contributed by atoms with E-state index in [1.807, 2.05) is 42.5 Å². The van der Waals surface area contributed by atoms with Crippen molar-refractivity contribution in [2.24, 2.45) is 5.41 Å². The number of rotatable bonds is 7. The standard InChI is InChI=1S/C20H24N2O3/c1-20(2,19(24)22-16-10-5-4-6-11-16)18(23)21-14-13-15-9-7-8-12-17(15)25-3/h4-12H,13-14H2,1-3H3,(H,21,23)(H,22,24). The van der Waals surface area contributed by atoms with Crippen molar-refractivity contribution in [2.45, 2.75) is 20.3 Å². The van der Waals surface area contributed by atoms with E-state index in [0.29, 0.717) is 18.7 Å². The molecule has 0 heterocycles. The Labute approximate surface area is 148 Å². The van der Waals surface area contributed by atoms with E-state index in [2.05, 4.69) is 10.6 Å². The Hall–Kier alpha value is -2.82. The lowest BCUT2D eigenvalue weighted by molar-refractivity contribution is -0.138.